The highest BCUT2D eigenvalue weighted by Crippen LogP contribution is 2.24. The smallest absolute Gasteiger partial charge is 0.254 e. The highest BCUT2D eigenvalue weighted by molar-refractivity contribution is 6.39. The van der Waals surface area contributed by atoms with Crippen LogP contribution in [0, 0.1) is 0 Å². The number of halogens is 2. The molecule has 4 nitrogen and oxygen atoms in total. The van der Waals surface area contributed by atoms with E-state index in [0.29, 0.717) is 22.2 Å². The summed E-state index contributed by atoms with van der Waals surface area (Å²) >= 11 is 12.0. The van der Waals surface area contributed by atoms with Crippen molar-refractivity contribution in [3.63, 3.8) is 0 Å². The first kappa shape index (κ1) is 13.6. The maximum atomic E-state index is 12.1. The Balaban J connectivity index is 2.12. The fraction of sp³-hybridized carbons (Fsp3) is 0.417. The first-order valence-corrected chi connectivity index (χ1v) is 6.37. The zero-order valence-corrected chi connectivity index (χ0v) is 11.4. The van der Waals surface area contributed by atoms with E-state index in [2.05, 4.69) is 10.6 Å². The third kappa shape index (κ3) is 2.78. The number of rotatable bonds is 3. The van der Waals surface area contributed by atoms with Crippen LogP contribution >= 0.6 is 23.2 Å². The Hall–Kier alpha value is -0.810. The van der Waals surface area contributed by atoms with E-state index in [1.165, 1.54) is 0 Å². The van der Waals surface area contributed by atoms with Gasteiger partial charge in [0.2, 0.25) is 0 Å². The minimum Gasteiger partial charge on any atom is -0.378 e. The maximum absolute atomic E-state index is 12.1. The van der Waals surface area contributed by atoms with Crippen molar-refractivity contribution < 1.29 is 9.53 Å². The van der Waals surface area contributed by atoms with Gasteiger partial charge >= 0.3 is 0 Å². The summed E-state index contributed by atoms with van der Waals surface area (Å²) in [6.45, 7) is 1.39. The second kappa shape index (κ2) is 5.89. The number of amides is 1. The van der Waals surface area contributed by atoms with Crippen LogP contribution in [0.5, 0.6) is 0 Å². The molecule has 0 bridgehead atoms. The van der Waals surface area contributed by atoms with E-state index in [0.717, 1.165) is 6.54 Å². The van der Waals surface area contributed by atoms with Crippen LogP contribution in [0.25, 0.3) is 0 Å². The van der Waals surface area contributed by atoms with Gasteiger partial charge < -0.3 is 15.4 Å². The molecule has 2 atom stereocenters. The average Bonchev–Trinajstić information content (AvgIpc) is 2.76. The lowest BCUT2D eigenvalue weighted by atomic mass is 10.1. The molecule has 1 aliphatic rings. The van der Waals surface area contributed by atoms with Crippen LogP contribution in [-0.2, 0) is 4.74 Å². The molecule has 1 amide bonds. The summed E-state index contributed by atoms with van der Waals surface area (Å²) < 4.78 is 5.28. The molecule has 1 aromatic rings. The van der Waals surface area contributed by atoms with Gasteiger partial charge in [0.1, 0.15) is 0 Å². The summed E-state index contributed by atoms with van der Waals surface area (Å²) in [5, 5.41) is 6.73. The third-order valence-electron chi connectivity index (χ3n) is 2.97. The van der Waals surface area contributed by atoms with E-state index in [-0.39, 0.29) is 18.1 Å². The van der Waals surface area contributed by atoms with Crippen LogP contribution in [0.4, 0.5) is 0 Å². The lowest BCUT2D eigenvalue weighted by Gasteiger charge is -2.19. The predicted molar refractivity (Wildman–Crippen MR) is 71.4 cm³/mol. The van der Waals surface area contributed by atoms with E-state index in [1.54, 1.807) is 25.3 Å². The fourth-order valence-electron chi connectivity index (χ4n) is 2.00. The van der Waals surface area contributed by atoms with Gasteiger partial charge in [-0.25, -0.2) is 0 Å². The third-order valence-corrected chi connectivity index (χ3v) is 3.60. The standard InChI is InChI=1S/C12H14Cl2N2O2/c1-18-10-6-15-5-9(10)16-12(17)11-7(13)3-2-4-8(11)14/h2-4,9-10,15H,5-6H2,1H3,(H,16,17)/t9?,10-/m1/s1. The van der Waals surface area contributed by atoms with Crippen molar-refractivity contribution in [2.24, 2.45) is 0 Å². The molecule has 6 heteroatoms. The summed E-state index contributed by atoms with van der Waals surface area (Å²) in [6.07, 6.45) is -0.0322. The van der Waals surface area contributed by atoms with Crippen molar-refractivity contribution in [2.45, 2.75) is 12.1 Å². The Labute approximate surface area is 116 Å². The normalized spacial score (nSPS) is 23.1. The van der Waals surface area contributed by atoms with Gasteiger partial charge in [-0.2, -0.15) is 0 Å². The van der Waals surface area contributed by atoms with Crippen molar-refractivity contribution in [1.82, 2.24) is 10.6 Å². The van der Waals surface area contributed by atoms with Crippen LogP contribution in [0.3, 0.4) is 0 Å². The van der Waals surface area contributed by atoms with Gasteiger partial charge in [-0.15, -0.1) is 0 Å². The summed E-state index contributed by atoms with van der Waals surface area (Å²) in [6, 6.07) is 4.91. The number of ether oxygens (including phenoxy) is 1. The largest absolute Gasteiger partial charge is 0.378 e. The maximum Gasteiger partial charge on any atom is 0.254 e. The Morgan fingerprint density at radius 3 is 2.67 bits per heavy atom. The van der Waals surface area contributed by atoms with Crippen molar-refractivity contribution in [2.75, 3.05) is 20.2 Å². The Bertz CT molecular complexity index is 433. The van der Waals surface area contributed by atoms with Gasteiger partial charge in [0, 0.05) is 20.2 Å². The van der Waals surface area contributed by atoms with Crippen LogP contribution in [0.1, 0.15) is 10.4 Å². The summed E-state index contributed by atoms with van der Waals surface area (Å²) in [4.78, 5) is 12.1. The van der Waals surface area contributed by atoms with E-state index in [9.17, 15) is 4.79 Å². The number of carbonyl (C=O) groups is 1. The van der Waals surface area contributed by atoms with Crippen LogP contribution in [0.2, 0.25) is 10.0 Å². The predicted octanol–water partition coefficient (Wildman–Crippen LogP) is 1.71. The lowest BCUT2D eigenvalue weighted by Crippen LogP contribution is -2.43. The number of hydrogen-bond donors (Lipinski definition) is 2. The number of benzene rings is 1. The van der Waals surface area contributed by atoms with E-state index >= 15 is 0 Å². The van der Waals surface area contributed by atoms with Crippen molar-refractivity contribution in [3.05, 3.63) is 33.8 Å². The number of methoxy groups -OCH3 is 1. The van der Waals surface area contributed by atoms with E-state index in [1.807, 2.05) is 0 Å². The topological polar surface area (TPSA) is 50.4 Å². The zero-order chi connectivity index (χ0) is 13.1. The van der Waals surface area contributed by atoms with Crippen LogP contribution in [-0.4, -0.2) is 38.3 Å². The molecule has 2 N–H and O–H groups in total. The summed E-state index contributed by atoms with van der Waals surface area (Å²) in [7, 11) is 1.62. The van der Waals surface area contributed by atoms with Crippen molar-refractivity contribution in [3.8, 4) is 0 Å². The van der Waals surface area contributed by atoms with E-state index in [4.69, 9.17) is 27.9 Å². The molecule has 2 rings (SSSR count). The Kier molecular flexibility index (Phi) is 4.45. The quantitative estimate of drug-likeness (QED) is 0.890. The molecule has 0 aromatic heterocycles. The first-order valence-electron chi connectivity index (χ1n) is 5.62. The second-order valence-electron chi connectivity index (χ2n) is 4.11. The molecule has 18 heavy (non-hydrogen) atoms. The molecule has 1 unspecified atom stereocenters. The number of nitrogens with one attached hydrogen (secondary N) is 2. The van der Waals surface area contributed by atoms with E-state index < -0.39 is 0 Å². The highest BCUT2D eigenvalue weighted by Gasteiger charge is 2.29. The molecule has 1 aromatic carbocycles. The molecule has 98 valence electrons. The SMILES string of the molecule is CO[C@@H]1CNCC1NC(=O)c1c(Cl)cccc1Cl. The zero-order valence-electron chi connectivity index (χ0n) is 9.87. The molecule has 0 radical (unpaired) electrons. The number of carbonyl (C=O) groups excluding carboxylic acids is 1. The van der Waals surface area contributed by atoms with Gasteiger partial charge in [-0.1, -0.05) is 29.3 Å². The fourth-order valence-corrected chi connectivity index (χ4v) is 2.57. The van der Waals surface area contributed by atoms with Crippen molar-refractivity contribution in [1.29, 1.82) is 0 Å². The van der Waals surface area contributed by atoms with Gasteiger partial charge in [0.25, 0.3) is 5.91 Å². The van der Waals surface area contributed by atoms with Gasteiger partial charge in [0.05, 0.1) is 27.8 Å². The average molecular weight is 289 g/mol. The van der Waals surface area contributed by atoms with Crippen LogP contribution in [0.15, 0.2) is 18.2 Å². The molecule has 0 saturated carbocycles. The van der Waals surface area contributed by atoms with Gasteiger partial charge in [-0.05, 0) is 12.1 Å². The molecule has 1 saturated heterocycles. The van der Waals surface area contributed by atoms with Gasteiger partial charge in [0.15, 0.2) is 0 Å². The molecule has 1 heterocycles. The molecule has 1 aliphatic heterocycles. The molecular formula is C12H14Cl2N2O2. The minimum atomic E-state index is -0.277. The lowest BCUT2D eigenvalue weighted by molar-refractivity contribution is 0.0780. The molecular weight excluding hydrogens is 275 g/mol. The molecule has 0 aliphatic carbocycles. The van der Waals surface area contributed by atoms with Gasteiger partial charge in [-0.3, -0.25) is 4.79 Å². The Morgan fingerprint density at radius 1 is 1.39 bits per heavy atom. The second-order valence-corrected chi connectivity index (χ2v) is 4.92. The van der Waals surface area contributed by atoms with Crippen LogP contribution < -0.4 is 10.6 Å². The molecule has 0 spiro atoms. The number of hydrogen-bond acceptors (Lipinski definition) is 3. The highest BCUT2D eigenvalue weighted by atomic mass is 35.5. The Morgan fingerprint density at radius 2 is 2.06 bits per heavy atom. The first-order chi connectivity index (χ1) is 8.63. The van der Waals surface area contributed by atoms with Crippen molar-refractivity contribution >= 4 is 29.1 Å². The monoisotopic (exact) mass is 288 g/mol. The summed E-state index contributed by atoms with van der Waals surface area (Å²) in [5.41, 5.74) is 0.308. The minimum absolute atomic E-state index is 0.0322. The summed E-state index contributed by atoms with van der Waals surface area (Å²) in [5.74, 6) is -0.277. The molecule has 1 fully saturated rings.